The lowest BCUT2D eigenvalue weighted by molar-refractivity contribution is -0.129. The minimum Gasteiger partial charge on any atom is -0.350 e. The summed E-state index contributed by atoms with van der Waals surface area (Å²) in [5.41, 5.74) is 3.45. The van der Waals surface area contributed by atoms with Crippen LogP contribution in [0.2, 0.25) is 0 Å². The fourth-order valence-corrected chi connectivity index (χ4v) is 3.62. The van der Waals surface area contributed by atoms with Crippen LogP contribution in [0.25, 0.3) is 6.08 Å². The average molecular weight is 442 g/mol. The Labute approximate surface area is 186 Å². The van der Waals surface area contributed by atoms with Gasteiger partial charge in [0, 0.05) is 24.8 Å². The highest BCUT2D eigenvalue weighted by Crippen LogP contribution is 2.08. The number of carbonyl (C=O) groups excluding carboxylic acids is 3. The van der Waals surface area contributed by atoms with E-state index in [2.05, 4.69) is 10.6 Å². The topological polar surface area (TPSA) is 108 Å². The highest BCUT2D eigenvalue weighted by Gasteiger charge is 2.19. The van der Waals surface area contributed by atoms with E-state index >= 15 is 0 Å². The summed E-state index contributed by atoms with van der Waals surface area (Å²) < 4.78 is 0. The maximum Gasteiger partial charge on any atom is 0.244 e. The molecule has 0 saturated heterocycles. The Balaban J connectivity index is 1.90. The molecule has 4 N–H and O–H groups in total. The van der Waals surface area contributed by atoms with Crippen molar-refractivity contribution in [2.24, 2.45) is 0 Å². The van der Waals surface area contributed by atoms with Gasteiger partial charge in [0.25, 0.3) is 0 Å². The Morgan fingerprint density at radius 1 is 1.00 bits per heavy atom. The van der Waals surface area contributed by atoms with Gasteiger partial charge in [-0.2, -0.15) is 11.8 Å². The van der Waals surface area contributed by atoms with Crippen LogP contribution in [0.15, 0.2) is 66.7 Å². The van der Waals surface area contributed by atoms with E-state index in [-0.39, 0.29) is 18.2 Å². The Kier molecular flexibility index (Phi) is 10.9. The molecule has 164 valence electrons. The van der Waals surface area contributed by atoms with Crippen LogP contribution in [-0.4, -0.2) is 40.5 Å². The molecule has 0 unspecified atom stereocenters. The van der Waals surface area contributed by atoms with Crippen molar-refractivity contribution < 1.29 is 19.6 Å². The molecule has 0 aliphatic rings. The third kappa shape index (κ3) is 9.97. The number of hydroxylamine groups is 1. The number of nitrogens with one attached hydrogen (secondary N) is 3. The summed E-state index contributed by atoms with van der Waals surface area (Å²) in [5.74, 6) is -0.0928. The van der Waals surface area contributed by atoms with Crippen molar-refractivity contribution in [3.63, 3.8) is 0 Å². The molecule has 0 aliphatic carbocycles. The Hall–Kier alpha value is -3.10. The number of benzene rings is 2. The summed E-state index contributed by atoms with van der Waals surface area (Å²) in [6, 6.07) is 18.2. The van der Waals surface area contributed by atoms with Gasteiger partial charge >= 0.3 is 0 Å². The molecule has 2 aromatic rings. The van der Waals surface area contributed by atoms with Crippen molar-refractivity contribution in [1.82, 2.24) is 16.1 Å². The normalized spacial score (nSPS) is 11.6. The molecule has 3 amide bonds. The van der Waals surface area contributed by atoms with E-state index in [0.717, 1.165) is 11.1 Å². The first-order valence-electron chi connectivity index (χ1n) is 9.94. The summed E-state index contributed by atoms with van der Waals surface area (Å²) in [4.78, 5) is 36.1. The molecule has 7 nitrogen and oxygen atoms in total. The highest BCUT2D eigenvalue weighted by molar-refractivity contribution is 7.99. The first-order valence-corrected chi connectivity index (χ1v) is 11.1. The minimum atomic E-state index is -0.715. The maximum atomic E-state index is 12.7. The summed E-state index contributed by atoms with van der Waals surface area (Å²) in [6.07, 6.45) is 3.84. The standard InChI is InChI=1S/C23H27N3O4S/c27-21(14-13-18-8-3-1-4-9-18)25-20(17-31-15-7-12-22(28)26-30)23(29)24-16-19-10-5-2-6-11-19/h1-6,8-11,13-14,20,30H,7,12,15-17H2,(H,24,29)(H,25,27)(H,26,28)/t20-/m0/s1. The third-order valence-corrected chi connectivity index (χ3v) is 5.42. The molecule has 0 aromatic heterocycles. The van der Waals surface area contributed by atoms with E-state index in [0.29, 0.717) is 24.5 Å². The molecule has 0 spiro atoms. The van der Waals surface area contributed by atoms with Crippen molar-refractivity contribution >= 4 is 35.6 Å². The monoisotopic (exact) mass is 441 g/mol. The molecule has 0 fully saturated rings. The van der Waals surface area contributed by atoms with E-state index in [1.54, 1.807) is 11.6 Å². The molecule has 0 bridgehead atoms. The second-order valence-corrected chi connectivity index (χ2v) is 7.87. The van der Waals surface area contributed by atoms with Gasteiger partial charge in [-0.3, -0.25) is 19.6 Å². The molecule has 2 aromatic carbocycles. The van der Waals surface area contributed by atoms with Crippen molar-refractivity contribution in [1.29, 1.82) is 0 Å². The quantitative estimate of drug-likeness (QED) is 0.175. The zero-order valence-corrected chi connectivity index (χ0v) is 17.9. The summed E-state index contributed by atoms with van der Waals surface area (Å²) >= 11 is 1.46. The van der Waals surface area contributed by atoms with Gasteiger partial charge in [-0.15, -0.1) is 0 Å². The molecule has 8 heteroatoms. The zero-order chi connectivity index (χ0) is 22.3. The lowest BCUT2D eigenvalue weighted by Crippen LogP contribution is -2.47. The summed E-state index contributed by atoms with van der Waals surface area (Å²) in [7, 11) is 0. The number of amides is 3. The van der Waals surface area contributed by atoms with E-state index in [1.807, 2.05) is 60.7 Å². The predicted octanol–water partition coefficient (Wildman–Crippen LogP) is 2.52. The molecule has 2 rings (SSSR count). The van der Waals surface area contributed by atoms with Crippen LogP contribution in [0.5, 0.6) is 0 Å². The molecule has 0 saturated carbocycles. The number of carbonyl (C=O) groups is 3. The van der Waals surface area contributed by atoms with Gasteiger partial charge < -0.3 is 10.6 Å². The lowest BCUT2D eigenvalue weighted by atomic mass is 10.2. The Morgan fingerprint density at radius 2 is 1.68 bits per heavy atom. The van der Waals surface area contributed by atoms with Crippen molar-refractivity contribution in [3.05, 3.63) is 77.9 Å². The molecule has 0 aliphatic heterocycles. The largest absolute Gasteiger partial charge is 0.350 e. The van der Waals surface area contributed by atoms with Crippen LogP contribution in [-0.2, 0) is 20.9 Å². The molecule has 0 heterocycles. The second-order valence-electron chi connectivity index (χ2n) is 6.72. The zero-order valence-electron chi connectivity index (χ0n) is 17.1. The fraction of sp³-hybridized carbons (Fsp3) is 0.261. The minimum absolute atomic E-state index is 0.195. The molecule has 31 heavy (non-hydrogen) atoms. The molecular weight excluding hydrogens is 414 g/mol. The van der Waals surface area contributed by atoms with Crippen molar-refractivity contribution in [3.8, 4) is 0 Å². The Bertz CT molecular complexity index is 860. The lowest BCUT2D eigenvalue weighted by Gasteiger charge is -2.17. The summed E-state index contributed by atoms with van der Waals surface area (Å²) in [5, 5.41) is 14.1. The SMILES string of the molecule is O=C(C=Cc1ccccc1)N[C@@H](CSCCCC(=O)NO)C(=O)NCc1ccccc1. The van der Waals surface area contributed by atoms with Gasteiger partial charge in [-0.05, 0) is 29.4 Å². The van der Waals surface area contributed by atoms with Gasteiger partial charge in [0.15, 0.2) is 0 Å². The second kappa shape index (κ2) is 14.0. The smallest absolute Gasteiger partial charge is 0.244 e. The van der Waals surface area contributed by atoms with Crippen LogP contribution in [0.4, 0.5) is 0 Å². The highest BCUT2D eigenvalue weighted by atomic mass is 32.2. The van der Waals surface area contributed by atoms with E-state index < -0.39 is 11.9 Å². The molecular formula is C23H27N3O4S. The first-order chi connectivity index (χ1) is 15.1. The Morgan fingerprint density at radius 3 is 2.35 bits per heavy atom. The van der Waals surface area contributed by atoms with Crippen LogP contribution in [0.3, 0.4) is 0 Å². The predicted molar refractivity (Wildman–Crippen MR) is 122 cm³/mol. The number of hydrogen-bond donors (Lipinski definition) is 4. The molecule has 0 radical (unpaired) electrons. The van der Waals surface area contributed by atoms with Crippen LogP contribution >= 0.6 is 11.8 Å². The summed E-state index contributed by atoms with van der Waals surface area (Å²) in [6.45, 7) is 0.368. The van der Waals surface area contributed by atoms with Gasteiger partial charge in [0.05, 0.1) is 0 Å². The van der Waals surface area contributed by atoms with Crippen molar-refractivity contribution in [2.75, 3.05) is 11.5 Å². The van der Waals surface area contributed by atoms with E-state index in [9.17, 15) is 14.4 Å². The first kappa shape index (κ1) is 24.2. The van der Waals surface area contributed by atoms with Crippen molar-refractivity contribution in [2.45, 2.75) is 25.4 Å². The fourth-order valence-electron chi connectivity index (χ4n) is 2.64. The van der Waals surface area contributed by atoms with Crippen LogP contribution in [0.1, 0.15) is 24.0 Å². The third-order valence-electron chi connectivity index (χ3n) is 4.27. The number of thioether (sulfide) groups is 1. The van der Waals surface area contributed by atoms with Gasteiger partial charge in [-0.1, -0.05) is 60.7 Å². The van der Waals surface area contributed by atoms with Gasteiger partial charge in [-0.25, -0.2) is 5.48 Å². The van der Waals surface area contributed by atoms with Gasteiger partial charge in [0.1, 0.15) is 6.04 Å². The molecule has 1 atom stereocenters. The van der Waals surface area contributed by atoms with Gasteiger partial charge in [0.2, 0.25) is 17.7 Å². The number of rotatable bonds is 12. The average Bonchev–Trinajstić information content (AvgIpc) is 2.81. The number of hydrogen-bond acceptors (Lipinski definition) is 5. The van der Waals surface area contributed by atoms with E-state index in [1.165, 1.54) is 17.8 Å². The van der Waals surface area contributed by atoms with Crippen LogP contribution < -0.4 is 16.1 Å². The van der Waals surface area contributed by atoms with Crippen LogP contribution in [0, 0.1) is 0 Å². The van der Waals surface area contributed by atoms with E-state index in [4.69, 9.17) is 5.21 Å². The maximum absolute atomic E-state index is 12.7.